The lowest BCUT2D eigenvalue weighted by Crippen LogP contribution is -2.56. The third-order valence-corrected chi connectivity index (χ3v) is 3.25. The van der Waals surface area contributed by atoms with Crippen LogP contribution in [0.5, 0.6) is 0 Å². The van der Waals surface area contributed by atoms with Crippen molar-refractivity contribution in [2.75, 3.05) is 0 Å². The summed E-state index contributed by atoms with van der Waals surface area (Å²) in [4.78, 5) is 14.0. The zero-order valence-electron chi connectivity index (χ0n) is 6.61. The molecule has 0 radical (unpaired) electrons. The van der Waals surface area contributed by atoms with Crippen molar-refractivity contribution in [2.24, 2.45) is 11.8 Å². The molecule has 0 aliphatic carbocycles. The molecule has 0 aromatic rings. The van der Waals surface area contributed by atoms with Crippen LogP contribution in [0.15, 0.2) is 11.1 Å². The maximum Gasteiger partial charge on any atom is 0.231 e. The molecule has 1 fully saturated rings. The predicted molar refractivity (Wildman–Crippen MR) is 46.0 cm³/mol. The molecule has 0 spiro atoms. The Kier molecular flexibility index (Phi) is 1.34. The van der Waals surface area contributed by atoms with Crippen LogP contribution in [0.25, 0.3) is 0 Å². The van der Waals surface area contributed by atoms with Gasteiger partial charge in [-0.15, -0.1) is 12.6 Å². The summed E-state index contributed by atoms with van der Waals surface area (Å²) < 4.78 is 0. The first-order valence-electron chi connectivity index (χ1n) is 3.86. The van der Waals surface area contributed by atoms with E-state index < -0.39 is 0 Å². The van der Waals surface area contributed by atoms with Gasteiger partial charge in [-0.05, 0) is 0 Å². The summed E-state index contributed by atoms with van der Waals surface area (Å²) in [5.74, 6) is 0.878. The Morgan fingerprint density at radius 2 is 2.09 bits per heavy atom. The SMILES string of the molecule is CC1C(=O)N2C=C(S)C(C)C12. The monoisotopic (exact) mass is 169 g/mol. The third kappa shape index (κ3) is 0.719. The van der Waals surface area contributed by atoms with E-state index in [1.165, 1.54) is 0 Å². The molecular formula is C8H11NOS. The predicted octanol–water partition coefficient (Wildman–Crippen LogP) is 1.25. The molecule has 11 heavy (non-hydrogen) atoms. The number of hydrogen-bond acceptors (Lipinski definition) is 2. The Labute approximate surface area is 71.7 Å². The number of carbonyl (C=O) groups excluding carboxylic acids is 1. The number of β-lactam (4-membered cyclic amide) rings is 1. The van der Waals surface area contributed by atoms with Crippen LogP contribution in [-0.4, -0.2) is 16.8 Å². The lowest BCUT2D eigenvalue weighted by atomic mass is 9.84. The quantitative estimate of drug-likeness (QED) is 0.427. The van der Waals surface area contributed by atoms with E-state index in [4.69, 9.17) is 0 Å². The minimum atomic E-state index is 0.200. The average molecular weight is 169 g/mol. The zero-order valence-corrected chi connectivity index (χ0v) is 7.51. The van der Waals surface area contributed by atoms with Crippen LogP contribution in [0.3, 0.4) is 0 Å². The number of hydrogen-bond donors (Lipinski definition) is 1. The normalized spacial score (nSPS) is 41.7. The van der Waals surface area contributed by atoms with Gasteiger partial charge in [-0.2, -0.15) is 0 Å². The molecule has 3 heteroatoms. The molecule has 2 aliphatic rings. The van der Waals surface area contributed by atoms with Gasteiger partial charge >= 0.3 is 0 Å². The highest BCUT2D eigenvalue weighted by molar-refractivity contribution is 7.84. The Morgan fingerprint density at radius 1 is 1.45 bits per heavy atom. The average Bonchev–Trinajstić information content (AvgIpc) is 2.26. The first-order chi connectivity index (χ1) is 5.13. The largest absolute Gasteiger partial charge is 0.314 e. The number of fused-ring (bicyclic) bond motifs is 1. The summed E-state index contributed by atoms with van der Waals surface area (Å²) in [6.45, 7) is 4.10. The molecule has 2 nitrogen and oxygen atoms in total. The molecule has 0 aromatic heterocycles. The minimum Gasteiger partial charge on any atom is -0.314 e. The molecule has 3 unspecified atom stereocenters. The van der Waals surface area contributed by atoms with Crippen LogP contribution in [0, 0.1) is 11.8 Å². The first kappa shape index (κ1) is 7.22. The van der Waals surface area contributed by atoms with Crippen LogP contribution in [0.2, 0.25) is 0 Å². The minimum absolute atomic E-state index is 0.200. The van der Waals surface area contributed by atoms with Crippen molar-refractivity contribution in [3.63, 3.8) is 0 Å². The smallest absolute Gasteiger partial charge is 0.231 e. The van der Waals surface area contributed by atoms with Crippen LogP contribution >= 0.6 is 12.6 Å². The van der Waals surface area contributed by atoms with Crippen molar-refractivity contribution in [2.45, 2.75) is 19.9 Å². The first-order valence-corrected chi connectivity index (χ1v) is 4.30. The van der Waals surface area contributed by atoms with Crippen LogP contribution < -0.4 is 0 Å². The van der Waals surface area contributed by atoms with Crippen molar-refractivity contribution in [1.82, 2.24) is 4.90 Å². The second kappa shape index (κ2) is 2.03. The van der Waals surface area contributed by atoms with E-state index in [2.05, 4.69) is 19.6 Å². The van der Waals surface area contributed by atoms with Crippen LogP contribution in [0.4, 0.5) is 0 Å². The Hall–Kier alpha value is -0.440. The molecule has 0 aromatic carbocycles. The molecule has 60 valence electrons. The summed E-state index contributed by atoms with van der Waals surface area (Å²) in [5.41, 5.74) is 0. The maximum atomic E-state index is 11.2. The van der Waals surface area contributed by atoms with E-state index >= 15 is 0 Å². The summed E-state index contributed by atoms with van der Waals surface area (Å²) >= 11 is 4.29. The molecule has 1 amide bonds. The Balaban J connectivity index is 2.26. The van der Waals surface area contributed by atoms with Crippen molar-refractivity contribution in [3.05, 3.63) is 11.1 Å². The molecule has 2 rings (SSSR count). The fourth-order valence-corrected chi connectivity index (χ4v) is 2.22. The Morgan fingerprint density at radius 3 is 2.64 bits per heavy atom. The highest BCUT2D eigenvalue weighted by atomic mass is 32.1. The standard InChI is InChI=1S/C8H11NOS/c1-4-6(11)3-9-7(4)5(2)8(9)10/h3-5,7,11H,1-2H3. The highest BCUT2D eigenvalue weighted by Crippen LogP contribution is 2.42. The molecule has 2 aliphatic heterocycles. The summed E-state index contributed by atoms with van der Waals surface area (Å²) in [7, 11) is 0. The number of thiol groups is 1. The van der Waals surface area contributed by atoms with E-state index in [0.717, 1.165) is 4.91 Å². The number of rotatable bonds is 0. The third-order valence-electron chi connectivity index (χ3n) is 2.73. The van der Waals surface area contributed by atoms with Crippen molar-refractivity contribution < 1.29 is 4.79 Å². The van der Waals surface area contributed by atoms with Crippen molar-refractivity contribution in [3.8, 4) is 0 Å². The zero-order chi connectivity index (χ0) is 8.17. The van der Waals surface area contributed by atoms with Gasteiger partial charge in [0.25, 0.3) is 0 Å². The fraction of sp³-hybridized carbons (Fsp3) is 0.625. The topological polar surface area (TPSA) is 20.3 Å². The van der Waals surface area contributed by atoms with Crippen molar-refractivity contribution >= 4 is 18.5 Å². The molecular weight excluding hydrogens is 158 g/mol. The van der Waals surface area contributed by atoms with Crippen LogP contribution in [-0.2, 0) is 4.79 Å². The molecule has 0 bridgehead atoms. The molecule has 0 N–H and O–H groups in total. The number of carbonyl (C=O) groups is 1. The van der Waals surface area contributed by atoms with E-state index in [1.54, 1.807) is 4.90 Å². The molecule has 2 heterocycles. The fourth-order valence-electron chi connectivity index (χ4n) is 1.95. The van der Waals surface area contributed by atoms with Crippen LogP contribution in [0.1, 0.15) is 13.8 Å². The summed E-state index contributed by atoms with van der Waals surface area (Å²) in [5, 5.41) is 0. The second-order valence-electron chi connectivity index (χ2n) is 3.37. The van der Waals surface area contributed by atoms with Gasteiger partial charge in [0, 0.05) is 17.0 Å². The van der Waals surface area contributed by atoms with Gasteiger partial charge in [0.2, 0.25) is 5.91 Å². The van der Waals surface area contributed by atoms with Gasteiger partial charge in [-0.1, -0.05) is 13.8 Å². The van der Waals surface area contributed by atoms with Gasteiger partial charge < -0.3 is 4.90 Å². The van der Waals surface area contributed by atoms with Gasteiger partial charge in [0.1, 0.15) is 0 Å². The van der Waals surface area contributed by atoms with E-state index in [1.807, 2.05) is 13.1 Å². The van der Waals surface area contributed by atoms with E-state index in [9.17, 15) is 4.79 Å². The van der Waals surface area contributed by atoms with Gasteiger partial charge in [0.15, 0.2) is 0 Å². The summed E-state index contributed by atoms with van der Waals surface area (Å²) in [6.07, 6.45) is 1.86. The number of amides is 1. The van der Waals surface area contributed by atoms with Crippen molar-refractivity contribution in [1.29, 1.82) is 0 Å². The maximum absolute atomic E-state index is 11.2. The highest BCUT2D eigenvalue weighted by Gasteiger charge is 2.50. The van der Waals surface area contributed by atoms with Gasteiger partial charge in [-0.25, -0.2) is 0 Å². The van der Waals surface area contributed by atoms with E-state index in [-0.39, 0.29) is 11.8 Å². The Bertz CT molecular complexity index is 248. The van der Waals surface area contributed by atoms with E-state index in [0.29, 0.717) is 12.0 Å². The van der Waals surface area contributed by atoms with Gasteiger partial charge in [0.05, 0.1) is 12.0 Å². The molecule has 1 saturated heterocycles. The van der Waals surface area contributed by atoms with Gasteiger partial charge in [-0.3, -0.25) is 4.79 Å². The summed E-state index contributed by atoms with van der Waals surface area (Å²) in [6, 6.07) is 0.398. The lowest BCUT2D eigenvalue weighted by molar-refractivity contribution is -0.149. The lowest BCUT2D eigenvalue weighted by Gasteiger charge is -2.42. The number of nitrogens with zero attached hydrogens (tertiary/aromatic N) is 1. The molecule has 3 atom stereocenters. The second-order valence-corrected chi connectivity index (χ2v) is 3.88. The molecule has 0 saturated carbocycles.